The molecule has 2 heterocycles. The highest BCUT2D eigenvalue weighted by molar-refractivity contribution is 6.44. The minimum Gasteiger partial charge on any atom is -0.309 e. The van der Waals surface area contributed by atoms with Crippen molar-refractivity contribution < 1.29 is 14.4 Å². The number of hydrogen-bond acceptors (Lipinski definition) is 6. The molecule has 1 N–H and O–H groups in total. The zero-order valence-electron chi connectivity index (χ0n) is 13.9. The largest absolute Gasteiger partial charge is 0.335 e. The van der Waals surface area contributed by atoms with Crippen molar-refractivity contribution in [3.05, 3.63) is 40.4 Å². The van der Waals surface area contributed by atoms with Gasteiger partial charge >= 0.3 is 17.8 Å². The summed E-state index contributed by atoms with van der Waals surface area (Å²) >= 11 is 0. The molecule has 1 aromatic heterocycles. The number of para-hydroxylation sites is 1. The number of rotatable bonds is 5. The van der Waals surface area contributed by atoms with Gasteiger partial charge in [0.1, 0.15) is 5.82 Å². The van der Waals surface area contributed by atoms with E-state index in [4.69, 9.17) is 0 Å². The highest BCUT2D eigenvalue weighted by atomic mass is 16.2. The lowest BCUT2D eigenvalue weighted by atomic mass is 10.2. The van der Waals surface area contributed by atoms with Crippen LogP contribution in [0.2, 0.25) is 0 Å². The third-order valence-electron chi connectivity index (χ3n) is 4.07. The molecule has 1 aliphatic heterocycles. The number of nitrogens with one attached hydrogen (secondary N) is 1. The third-order valence-corrected chi connectivity index (χ3v) is 4.07. The SMILES string of the molecule is CCN(Cc1nc2ccccc2c(=O)[nH]1)CN1C(=O)C(=O)N(C)C1=O. The lowest BCUT2D eigenvalue weighted by Crippen LogP contribution is -2.42. The molecule has 2 aromatic rings. The van der Waals surface area contributed by atoms with E-state index in [1.54, 1.807) is 29.2 Å². The molecule has 1 fully saturated rings. The van der Waals surface area contributed by atoms with Crippen molar-refractivity contribution in [3.8, 4) is 0 Å². The van der Waals surface area contributed by atoms with Gasteiger partial charge in [0, 0.05) is 7.05 Å². The van der Waals surface area contributed by atoms with E-state index in [0.29, 0.717) is 23.3 Å². The van der Waals surface area contributed by atoms with Crippen molar-refractivity contribution in [1.82, 2.24) is 24.7 Å². The average molecular weight is 343 g/mol. The van der Waals surface area contributed by atoms with Crippen LogP contribution < -0.4 is 5.56 Å². The van der Waals surface area contributed by atoms with Crippen molar-refractivity contribution in [2.24, 2.45) is 0 Å². The number of likely N-dealkylation sites (N-methyl/N-ethyl adjacent to an activating group) is 1. The van der Waals surface area contributed by atoms with Gasteiger partial charge in [-0.3, -0.25) is 24.2 Å². The summed E-state index contributed by atoms with van der Waals surface area (Å²) in [7, 11) is 1.27. The molecule has 0 saturated carbocycles. The van der Waals surface area contributed by atoms with Gasteiger partial charge in [0.2, 0.25) is 0 Å². The Morgan fingerprint density at radius 1 is 1.12 bits per heavy atom. The van der Waals surface area contributed by atoms with Crippen LogP contribution in [0.3, 0.4) is 0 Å². The fraction of sp³-hybridized carbons (Fsp3) is 0.312. The summed E-state index contributed by atoms with van der Waals surface area (Å²) in [5, 5.41) is 0.492. The molecule has 130 valence electrons. The fourth-order valence-electron chi connectivity index (χ4n) is 2.62. The van der Waals surface area contributed by atoms with Crippen LogP contribution in [-0.2, 0) is 16.1 Å². The molecular weight excluding hydrogens is 326 g/mol. The third kappa shape index (κ3) is 3.01. The summed E-state index contributed by atoms with van der Waals surface area (Å²) < 4.78 is 0. The molecule has 0 unspecified atom stereocenters. The Morgan fingerprint density at radius 3 is 2.48 bits per heavy atom. The van der Waals surface area contributed by atoms with E-state index < -0.39 is 17.8 Å². The predicted octanol–water partition coefficient (Wildman–Crippen LogP) is 0.123. The van der Waals surface area contributed by atoms with Crippen molar-refractivity contribution >= 4 is 28.7 Å². The second-order valence-electron chi connectivity index (χ2n) is 5.70. The number of imide groups is 2. The van der Waals surface area contributed by atoms with Crippen molar-refractivity contribution in [3.63, 3.8) is 0 Å². The fourth-order valence-corrected chi connectivity index (χ4v) is 2.62. The summed E-state index contributed by atoms with van der Waals surface area (Å²) in [6, 6.07) is 6.32. The topological polar surface area (TPSA) is 107 Å². The van der Waals surface area contributed by atoms with E-state index in [0.717, 1.165) is 9.80 Å². The molecular formula is C16H17N5O4. The molecule has 9 nitrogen and oxygen atoms in total. The molecule has 0 atom stereocenters. The highest BCUT2D eigenvalue weighted by Crippen LogP contribution is 2.12. The maximum atomic E-state index is 12.1. The number of aromatic nitrogens is 2. The highest BCUT2D eigenvalue weighted by Gasteiger charge is 2.42. The molecule has 0 bridgehead atoms. The van der Waals surface area contributed by atoms with Gasteiger partial charge in [-0.1, -0.05) is 19.1 Å². The molecule has 4 amide bonds. The van der Waals surface area contributed by atoms with Crippen LogP contribution in [0, 0.1) is 0 Å². The van der Waals surface area contributed by atoms with E-state index in [-0.39, 0.29) is 18.8 Å². The zero-order valence-corrected chi connectivity index (χ0v) is 13.9. The normalized spacial score (nSPS) is 15.1. The first kappa shape index (κ1) is 16.8. The molecule has 3 rings (SSSR count). The van der Waals surface area contributed by atoms with Crippen LogP contribution in [0.25, 0.3) is 10.9 Å². The molecule has 1 aliphatic rings. The summed E-state index contributed by atoms with van der Waals surface area (Å²) in [5.74, 6) is -1.28. The molecule has 9 heteroatoms. The predicted molar refractivity (Wildman–Crippen MR) is 88.3 cm³/mol. The number of nitrogens with zero attached hydrogens (tertiary/aromatic N) is 4. The van der Waals surface area contributed by atoms with Crippen LogP contribution in [-0.4, -0.2) is 62.8 Å². The summed E-state index contributed by atoms with van der Waals surface area (Å²) in [6.07, 6.45) is 0. The van der Waals surface area contributed by atoms with E-state index in [1.807, 2.05) is 6.92 Å². The number of H-pyrrole nitrogens is 1. The minimum atomic E-state index is -0.856. The van der Waals surface area contributed by atoms with Crippen molar-refractivity contribution in [2.75, 3.05) is 20.3 Å². The van der Waals surface area contributed by atoms with E-state index in [9.17, 15) is 19.2 Å². The summed E-state index contributed by atoms with van der Waals surface area (Å²) in [4.78, 5) is 58.0. The molecule has 25 heavy (non-hydrogen) atoms. The molecule has 0 radical (unpaired) electrons. The number of amides is 4. The van der Waals surface area contributed by atoms with Crippen LogP contribution >= 0.6 is 0 Å². The Kier molecular flexibility index (Phi) is 4.32. The Labute approximate surface area is 142 Å². The minimum absolute atomic E-state index is 0.0548. The maximum Gasteiger partial charge on any atom is 0.335 e. The Morgan fingerprint density at radius 2 is 1.84 bits per heavy atom. The second kappa shape index (κ2) is 6.44. The first-order valence-electron chi connectivity index (χ1n) is 7.76. The first-order chi connectivity index (χ1) is 11.9. The number of carbonyl (C=O) groups excluding carboxylic acids is 3. The van der Waals surface area contributed by atoms with Crippen molar-refractivity contribution in [1.29, 1.82) is 0 Å². The molecule has 0 spiro atoms. The quantitative estimate of drug-likeness (QED) is 0.611. The van der Waals surface area contributed by atoms with E-state index >= 15 is 0 Å². The number of hydrogen-bond donors (Lipinski definition) is 1. The van der Waals surface area contributed by atoms with Crippen LogP contribution in [0.5, 0.6) is 0 Å². The van der Waals surface area contributed by atoms with Crippen LogP contribution in [0.4, 0.5) is 4.79 Å². The lowest BCUT2D eigenvalue weighted by Gasteiger charge is -2.24. The zero-order chi connectivity index (χ0) is 18.1. The van der Waals surface area contributed by atoms with Gasteiger partial charge in [0.15, 0.2) is 0 Å². The monoisotopic (exact) mass is 343 g/mol. The molecule has 1 aromatic carbocycles. The standard InChI is InChI=1S/C16H17N5O4/c1-3-20(9-21-15(24)14(23)19(2)16(21)25)8-12-17-11-7-5-4-6-10(11)13(22)18-12/h4-7H,3,8-9H2,1-2H3,(H,17,18,22). The Balaban J connectivity index is 1.81. The second-order valence-corrected chi connectivity index (χ2v) is 5.70. The van der Waals surface area contributed by atoms with Gasteiger partial charge in [0.25, 0.3) is 5.56 Å². The lowest BCUT2D eigenvalue weighted by molar-refractivity contribution is -0.143. The van der Waals surface area contributed by atoms with Gasteiger partial charge in [-0.15, -0.1) is 0 Å². The number of fused-ring (bicyclic) bond motifs is 1. The van der Waals surface area contributed by atoms with Crippen molar-refractivity contribution in [2.45, 2.75) is 13.5 Å². The first-order valence-corrected chi connectivity index (χ1v) is 7.76. The van der Waals surface area contributed by atoms with E-state index in [1.165, 1.54) is 7.05 Å². The Bertz CT molecular complexity index is 922. The van der Waals surface area contributed by atoms with Crippen LogP contribution in [0.1, 0.15) is 12.7 Å². The van der Waals surface area contributed by atoms with Crippen LogP contribution in [0.15, 0.2) is 29.1 Å². The van der Waals surface area contributed by atoms with E-state index in [2.05, 4.69) is 9.97 Å². The molecule has 1 saturated heterocycles. The van der Waals surface area contributed by atoms with Gasteiger partial charge in [-0.05, 0) is 18.7 Å². The summed E-state index contributed by atoms with van der Waals surface area (Å²) in [6.45, 7) is 2.51. The Hall–Kier alpha value is -3.07. The van der Waals surface area contributed by atoms with Gasteiger partial charge < -0.3 is 4.98 Å². The average Bonchev–Trinajstić information content (AvgIpc) is 2.79. The smallest absolute Gasteiger partial charge is 0.309 e. The van der Waals surface area contributed by atoms with Gasteiger partial charge in [0.05, 0.1) is 24.1 Å². The molecule has 0 aliphatic carbocycles. The maximum absolute atomic E-state index is 12.1. The summed E-state index contributed by atoms with van der Waals surface area (Å²) in [5.41, 5.74) is 0.320. The number of aromatic amines is 1. The van der Waals surface area contributed by atoms with Gasteiger partial charge in [-0.2, -0.15) is 0 Å². The number of benzene rings is 1. The number of urea groups is 1. The van der Waals surface area contributed by atoms with Gasteiger partial charge in [-0.25, -0.2) is 14.7 Å². The number of carbonyl (C=O) groups is 3.